The van der Waals surface area contributed by atoms with Crippen LogP contribution in [-0.2, 0) is 9.53 Å². The summed E-state index contributed by atoms with van der Waals surface area (Å²) in [6.07, 6.45) is 4.42. The van der Waals surface area contributed by atoms with Gasteiger partial charge in [0.1, 0.15) is 5.75 Å². The zero-order valence-electron chi connectivity index (χ0n) is 12.6. The molecule has 0 bridgehead atoms. The average molecular weight is 298 g/mol. The van der Waals surface area contributed by atoms with Gasteiger partial charge in [-0.2, -0.15) is 0 Å². The van der Waals surface area contributed by atoms with E-state index in [9.17, 15) is 4.79 Å². The van der Waals surface area contributed by atoms with Gasteiger partial charge in [-0.15, -0.1) is 0 Å². The summed E-state index contributed by atoms with van der Waals surface area (Å²) in [6.45, 7) is 2.36. The fourth-order valence-corrected chi connectivity index (χ4v) is 1.88. The number of carbonyl (C=O) groups is 1. The molecule has 0 saturated carbocycles. The number of hydrogen-bond acceptors (Lipinski definition) is 4. The first kappa shape index (κ1) is 15.6. The molecule has 0 saturated heterocycles. The number of hydrogen-bond donors (Lipinski definition) is 1. The van der Waals surface area contributed by atoms with Crippen LogP contribution in [0, 0.1) is 0 Å². The van der Waals surface area contributed by atoms with Crippen molar-refractivity contribution in [2.24, 2.45) is 0 Å². The van der Waals surface area contributed by atoms with E-state index in [1.165, 1.54) is 12.3 Å². The Morgan fingerprint density at radius 2 is 2.18 bits per heavy atom. The maximum Gasteiger partial charge on any atom is 0.251 e. The molecule has 0 aliphatic heterocycles. The van der Waals surface area contributed by atoms with Crippen molar-refractivity contribution < 1.29 is 14.3 Å². The number of nitrogens with one attached hydrogen (secondary N) is 1. The Hall–Kier alpha value is -2.82. The Bertz CT molecular complexity index is 654. The van der Waals surface area contributed by atoms with E-state index in [2.05, 4.69) is 10.3 Å². The molecule has 5 heteroatoms. The molecule has 2 rings (SSSR count). The molecule has 1 aromatic carbocycles. The molecule has 0 unspecified atom stereocenters. The molecule has 2 aromatic rings. The van der Waals surface area contributed by atoms with E-state index in [1.807, 2.05) is 37.3 Å². The fraction of sp³-hybridized carbons (Fsp3) is 0.176. The van der Waals surface area contributed by atoms with Crippen LogP contribution in [0.2, 0.25) is 0 Å². The highest BCUT2D eigenvalue weighted by molar-refractivity contribution is 6.00. The van der Waals surface area contributed by atoms with Crippen LogP contribution in [0.25, 0.3) is 11.3 Å². The Balaban J connectivity index is 2.23. The number of amides is 1. The number of rotatable bonds is 6. The van der Waals surface area contributed by atoms with Gasteiger partial charge in [-0.05, 0) is 37.3 Å². The summed E-state index contributed by atoms with van der Waals surface area (Å²) in [5, 5.41) is 2.77. The van der Waals surface area contributed by atoms with Crippen LogP contribution in [-0.4, -0.2) is 24.6 Å². The summed E-state index contributed by atoms with van der Waals surface area (Å²) in [6, 6.07) is 11.2. The number of methoxy groups -OCH3 is 1. The lowest BCUT2D eigenvalue weighted by atomic mass is 10.1. The van der Waals surface area contributed by atoms with Gasteiger partial charge in [0.05, 0.1) is 31.4 Å². The Labute approximate surface area is 129 Å². The van der Waals surface area contributed by atoms with Crippen LogP contribution in [0.1, 0.15) is 6.92 Å². The fourth-order valence-electron chi connectivity index (χ4n) is 1.88. The summed E-state index contributed by atoms with van der Waals surface area (Å²) in [5.41, 5.74) is 2.30. The molecule has 0 radical (unpaired) electrons. The van der Waals surface area contributed by atoms with Crippen LogP contribution in [0.5, 0.6) is 5.75 Å². The van der Waals surface area contributed by atoms with Crippen LogP contribution in [0.15, 0.2) is 54.9 Å². The third-order valence-corrected chi connectivity index (χ3v) is 2.90. The van der Waals surface area contributed by atoms with Gasteiger partial charge < -0.3 is 14.8 Å². The molecule has 1 N–H and O–H groups in total. The predicted octanol–water partition coefficient (Wildman–Crippen LogP) is 3.25. The number of aromatic nitrogens is 1. The molecule has 1 heterocycles. The van der Waals surface area contributed by atoms with Gasteiger partial charge in [0, 0.05) is 17.8 Å². The second kappa shape index (κ2) is 7.83. The second-order valence-corrected chi connectivity index (χ2v) is 4.38. The summed E-state index contributed by atoms with van der Waals surface area (Å²) >= 11 is 0. The van der Waals surface area contributed by atoms with Gasteiger partial charge in [-0.1, -0.05) is 6.07 Å². The first-order valence-corrected chi connectivity index (χ1v) is 6.93. The van der Waals surface area contributed by atoms with Gasteiger partial charge in [-0.25, -0.2) is 0 Å². The van der Waals surface area contributed by atoms with Gasteiger partial charge in [0.2, 0.25) is 0 Å². The lowest BCUT2D eigenvalue weighted by Crippen LogP contribution is -2.09. The minimum Gasteiger partial charge on any atom is -0.501 e. The number of carbonyl (C=O) groups excluding carboxylic acids is 1. The lowest BCUT2D eigenvalue weighted by Gasteiger charge is -2.11. The van der Waals surface area contributed by atoms with Crippen LogP contribution >= 0.6 is 0 Å². The number of pyridine rings is 1. The molecule has 22 heavy (non-hydrogen) atoms. The quantitative estimate of drug-likeness (QED) is 0.657. The van der Waals surface area contributed by atoms with Crippen molar-refractivity contribution in [3.63, 3.8) is 0 Å². The minimum absolute atomic E-state index is 0.287. The maximum atomic E-state index is 11.9. The number of anilines is 1. The third-order valence-electron chi connectivity index (χ3n) is 2.90. The zero-order chi connectivity index (χ0) is 15.8. The molecular formula is C17H18N2O3. The van der Waals surface area contributed by atoms with Crippen molar-refractivity contribution in [1.82, 2.24) is 4.98 Å². The Kier molecular flexibility index (Phi) is 5.54. The van der Waals surface area contributed by atoms with Crippen molar-refractivity contribution in [3.8, 4) is 17.0 Å². The molecule has 0 spiro atoms. The van der Waals surface area contributed by atoms with Crippen LogP contribution in [0.4, 0.5) is 5.69 Å². The standard InChI is InChI=1S/C17H18N2O3/c1-3-22-11-9-17(20)19-15-12-13(7-8-16(15)21-2)14-6-4-5-10-18-14/h4-12H,3H2,1-2H3,(H,19,20). The second-order valence-electron chi connectivity index (χ2n) is 4.38. The molecule has 0 atom stereocenters. The van der Waals surface area contributed by atoms with Gasteiger partial charge in [0.15, 0.2) is 0 Å². The highest BCUT2D eigenvalue weighted by atomic mass is 16.5. The van der Waals surface area contributed by atoms with E-state index >= 15 is 0 Å². The van der Waals surface area contributed by atoms with E-state index in [4.69, 9.17) is 9.47 Å². The van der Waals surface area contributed by atoms with Crippen molar-refractivity contribution in [3.05, 3.63) is 54.9 Å². The van der Waals surface area contributed by atoms with E-state index in [0.29, 0.717) is 18.0 Å². The lowest BCUT2D eigenvalue weighted by molar-refractivity contribution is -0.112. The van der Waals surface area contributed by atoms with Crippen LogP contribution in [0.3, 0.4) is 0 Å². The minimum atomic E-state index is -0.287. The third kappa shape index (κ3) is 4.09. The largest absolute Gasteiger partial charge is 0.501 e. The van der Waals surface area contributed by atoms with Crippen molar-refractivity contribution in [2.45, 2.75) is 6.92 Å². The SMILES string of the molecule is CCOC=CC(=O)Nc1cc(-c2ccccn2)ccc1OC. The van der Waals surface area contributed by atoms with E-state index < -0.39 is 0 Å². The molecule has 0 aliphatic carbocycles. The maximum absolute atomic E-state index is 11.9. The zero-order valence-corrected chi connectivity index (χ0v) is 12.6. The molecule has 0 fully saturated rings. The number of benzene rings is 1. The van der Waals surface area contributed by atoms with Crippen LogP contribution < -0.4 is 10.1 Å². The highest BCUT2D eigenvalue weighted by Crippen LogP contribution is 2.29. The molecule has 1 aromatic heterocycles. The van der Waals surface area contributed by atoms with Crippen molar-refractivity contribution in [2.75, 3.05) is 19.0 Å². The van der Waals surface area contributed by atoms with Crippen molar-refractivity contribution >= 4 is 11.6 Å². The average Bonchev–Trinajstić information content (AvgIpc) is 2.56. The summed E-state index contributed by atoms with van der Waals surface area (Å²) in [7, 11) is 1.56. The molecule has 5 nitrogen and oxygen atoms in total. The summed E-state index contributed by atoms with van der Waals surface area (Å²) in [5.74, 6) is 0.294. The first-order valence-electron chi connectivity index (χ1n) is 6.93. The van der Waals surface area contributed by atoms with E-state index in [-0.39, 0.29) is 5.91 Å². The van der Waals surface area contributed by atoms with E-state index in [0.717, 1.165) is 11.3 Å². The Morgan fingerprint density at radius 1 is 1.32 bits per heavy atom. The molecule has 114 valence electrons. The summed E-state index contributed by atoms with van der Waals surface area (Å²) in [4.78, 5) is 16.2. The van der Waals surface area contributed by atoms with Gasteiger partial charge in [0.25, 0.3) is 5.91 Å². The van der Waals surface area contributed by atoms with Gasteiger partial charge >= 0.3 is 0 Å². The van der Waals surface area contributed by atoms with E-state index in [1.54, 1.807) is 19.4 Å². The normalized spacial score (nSPS) is 10.5. The number of ether oxygens (including phenoxy) is 2. The topological polar surface area (TPSA) is 60.5 Å². The predicted molar refractivity (Wildman–Crippen MR) is 85.6 cm³/mol. The molecule has 1 amide bonds. The van der Waals surface area contributed by atoms with Gasteiger partial charge in [-0.3, -0.25) is 9.78 Å². The molecular weight excluding hydrogens is 280 g/mol. The number of nitrogens with zero attached hydrogens (tertiary/aromatic N) is 1. The highest BCUT2D eigenvalue weighted by Gasteiger charge is 2.08. The first-order chi connectivity index (χ1) is 10.7. The Morgan fingerprint density at radius 3 is 2.86 bits per heavy atom. The molecule has 0 aliphatic rings. The van der Waals surface area contributed by atoms with Crippen molar-refractivity contribution in [1.29, 1.82) is 0 Å². The smallest absolute Gasteiger partial charge is 0.251 e. The summed E-state index contributed by atoms with van der Waals surface area (Å²) < 4.78 is 10.3. The monoisotopic (exact) mass is 298 g/mol.